The van der Waals surface area contributed by atoms with E-state index in [-0.39, 0.29) is 20.0 Å². The number of hydrogen-bond acceptors (Lipinski definition) is 0. The van der Waals surface area contributed by atoms with Crippen LogP contribution in [-0.2, 0) is 18.6 Å². The summed E-state index contributed by atoms with van der Waals surface area (Å²) in [6.07, 6.45) is 8.63. The SMILES string of the molecule is C=C1CCC[C@@H]2CCC[C@@H]12.[HH].[V]. The molecule has 0 amide bonds. The maximum absolute atomic E-state index is 4.16. The molecule has 0 bridgehead atoms. The minimum atomic E-state index is 0. The summed E-state index contributed by atoms with van der Waals surface area (Å²) >= 11 is 0. The molecular weight excluding hydrogens is 171 g/mol. The smallest absolute Gasteiger partial charge is 0 e. The summed E-state index contributed by atoms with van der Waals surface area (Å²) in [5.74, 6) is 1.98. The van der Waals surface area contributed by atoms with E-state index in [4.69, 9.17) is 0 Å². The van der Waals surface area contributed by atoms with E-state index < -0.39 is 0 Å². The fourth-order valence-corrected chi connectivity index (χ4v) is 2.70. The molecule has 0 aromatic rings. The molecule has 1 radical (unpaired) electrons. The molecular formula is C10H18V. The van der Waals surface area contributed by atoms with Crippen molar-refractivity contribution >= 4 is 0 Å². The molecule has 11 heavy (non-hydrogen) atoms. The summed E-state index contributed by atoms with van der Waals surface area (Å²) < 4.78 is 0. The molecule has 2 aliphatic carbocycles. The number of allylic oxidation sites excluding steroid dienone is 1. The van der Waals surface area contributed by atoms with Gasteiger partial charge in [0.05, 0.1) is 0 Å². The zero-order valence-electron chi connectivity index (χ0n) is 7.05. The van der Waals surface area contributed by atoms with Crippen LogP contribution in [0.4, 0.5) is 0 Å². The van der Waals surface area contributed by atoms with Crippen LogP contribution in [0.1, 0.15) is 40.0 Å². The van der Waals surface area contributed by atoms with E-state index in [1.54, 1.807) is 5.57 Å². The van der Waals surface area contributed by atoms with Gasteiger partial charge in [-0.25, -0.2) is 0 Å². The molecule has 0 saturated heterocycles. The fourth-order valence-electron chi connectivity index (χ4n) is 2.70. The van der Waals surface area contributed by atoms with E-state index in [9.17, 15) is 0 Å². The maximum Gasteiger partial charge on any atom is 0 e. The molecule has 2 saturated carbocycles. The second-order valence-corrected chi connectivity index (χ2v) is 3.85. The minimum Gasteiger partial charge on any atom is -0.0996 e. The topological polar surface area (TPSA) is 0 Å². The van der Waals surface area contributed by atoms with Crippen LogP contribution in [0.5, 0.6) is 0 Å². The van der Waals surface area contributed by atoms with E-state index in [1.165, 1.54) is 38.5 Å². The molecule has 0 N–H and O–H groups in total. The maximum atomic E-state index is 4.16. The van der Waals surface area contributed by atoms with Gasteiger partial charge in [-0.2, -0.15) is 0 Å². The molecule has 0 unspecified atom stereocenters. The Morgan fingerprint density at radius 3 is 2.64 bits per heavy atom. The van der Waals surface area contributed by atoms with Crippen LogP contribution >= 0.6 is 0 Å². The van der Waals surface area contributed by atoms with Crippen molar-refractivity contribution in [1.29, 1.82) is 0 Å². The van der Waals surface area contributed by atoms with Gasteiger partial charge in [0.2, 0.25) is 0 Å². The van der Waals surface area contributed by atoms with Crippen molar-refractivity contribution in [3.8, 4) is 0 Å². The number of rotatable bonds is 0. The van der Waals surface area contributed by atoms with E-state index >= 15 is 0 Å². The van der Waals surface area contributed by atoms with Gasteiger partial charge in [-0.1, -0.05) is 18.6 Å². The van der Waals surface area contributed by atoms with Crippen molar-refractivity contribution in [2.75, 3.05) is 0 Å². The minimum absolute atomic E-state index is 0. The average molecular weight is 189 g/mol. The first-order chi connectivity index (χ1) is 4.88. The summed E-state index contributed by atoms with van der Waals surface area (Å²) in [7, 11) is 0. The zero-order chi connectivity index (χ0) is 6.97. The Morgan fingerprint density at radius 2 is 1.91 bits per heavy atom. The molecule has 0 heterocycles. The summed E-state index contributed by atoms with van der Waals surface area (Å²) in [6.45, 7) is 4.16. The predicted octanol–water partition coefficient (Wildman–Crippen LogP) is 3.39. The van der Waals surface area contributed by atoms with E-state index in [0.717, 1.165) is 11.8 Å². The second-order valence-electron chi connectivity index (χ2n) is 3.85. The van der Waals surface area contributed by atoms with Gasteiger partial charge in [-0.3, -0.25) is 0 Å². The van der Waals surface area contributed by atoms with Gasteiger partial charge in [-0.15, -0.1) is 0 Å². The first kappa shape index (κ1) is 9.41. The third kappa shape index (κ3) is 1.73. The second kappa shape index (κ2) is 3.82. The third-order valence-electron chi connectivity index (χ3n) is 3.26. The zero-order valence-corrected chi connectivity index (χ0v) is 8.45. The summed E-state index contributed by atoms with van der Waals surface area (Å²) in [5, 5.41) is 0. The monoisotopic (exact) mass is 189 g/mol. The van der Waals surface area contributed by atoms with Crippen LogP contribution < -0.4 is 0 Å². The van der Waals surface area contributed by atoms with E-state index in [0.29, 0.717) is 0 Å². The largest absolute Gasteiger partial charge is 0.0996 e. The van der Waals surface area contributed by atoms with Gasteiger partial charge in [0.15, 0.2) is 0 Å². The fraction of sp³-hybridized carbons (Fsp3) is 0.800. The van der Waals surface area contributed by atoms with Crippen LogP contribution in [0.25, 0.3) is 0 Å². The Kier molecular flexibility index (Phi) is 3.27. The van der Waals surface area contributed by atoms with Gasteiger partial charge >= 0.3 is 0 Å². The predicted molar refractivity (Wildman–Crippen MR) is 45.9 cm³/mol. The van der Waals surface area contributed by atoms with Crippen molar-refractivity contribution in [1.82, 2.24) is 0 Å². The first-order valence-corrected chi connectivity index (χ1v) is 4.55. The Bertz CT molecular complexity index is 156. The van der Waals surface area contributed by atoms with Gasteiger partial charge in [-0.05, 0) is 43.9 Å². The molecule has 2 atom stereocenters. The number of hydrogen-bond donors (Lipinski definition) is 0. The Labute approximate surface area is 82.8 Å². The van der Waals surface area contributed by atoms with Crippen molar-refractivity contribution in [3.05, 3.63) is 12.2 Å². The first-order valence-electron chi connectivity index (χ1n) is 4.55. The van der Waals surface area contributed by atoms with Crippen molar-refractivity contribution < 1.29 is 20.0 Å². The molecule has 0 aliphatic heterocycles. The van der Waals surface area contributed by atoms with Gasteiger partial charge in [0, 0.05) is 20.0 Å². The molecule has 0 aromatic heterocycles. The van der Waals surface area contributed by atoms with Crippen LogP contribution in [0, 0.1) is 11.8 Å². The van der Waals surface area contributed by atoms with Crippen molar-refractivity contribution in [3.63, 3.8) is 0 Å². The summed E-state index contributed by atoms with van der Waals surface area (Å²) in [5.41, 5.74) is 1.56. The normalized spacial score (nSPS) is 36.2. The Balaban J connectivity index is 0.000000605. The standard InChI is InChI=1S/C10H16.V.H2/c1-8-4-2-5-9-6-3-7-10(8)9;;/h9-10H,1-7H2;;1H/t9-,10+;;/m1../s1. The third-order valence-corrected chi connectivity index (χ3v) is 3.26. The van der Waals surface area contributed by atoms with Crippen LogP contribution in [0.2, 0.25) is 0 Å². The van der Waals surface area contributed by atoms with Gasteiger partial charge in [0.1, 0.15) is 0 Å². The molecule has 0 aromatic carbocycles. The number of fused-ring (bicyclic) bond motifs is 1. The van der Waals surface area contributed by atoms with Crippen LogP contribution in [0.3, 0.4) is 0 Å². The molecule has 2 fully saturated rings. The van der Waals surface area contributed by atoms with Crippen molar-refractivity contribution in [2.24, 2.45) is 11.8 Å². The Hall–Kier alpha value is 0.324. The quantitative estimate of drug-likeness (QED) is 0.512. The van der Waals surface area contributed by atoms with Crippen LogP contribution in [-0.4, -0.2) is 0 Å². The van der Waals surface area contributed by atoms with E-state index in [2.05, 4.69) is 6.58 Å². The summed E-state index contributed by atoms with van der Waals surface area (Å²) in [6, 6.07) is 0. The molecule has 2 rings (SSSR count). The average Bonchev–Trinajstić information content (AvgIpc) is 2.36. The van der Waals surface area contributed by atoms with Crippen LogP contribution in [0.15, 0.2) is 12.2 Å². The van der Waals surface area contributed by atoms with Gasteiger partial charge < -0.3 is 0 Å². The molecule has 0 spiro atoms. The molecule has 0 nitrogen and oxygen atoms in total. The Morgan fingerprint density at radius 1 is 1.18 bits per heavy atom. The van der Waals surface area contributed by atoms with Crippen molar-refractivity contribution in [2.45, 2.75) is 38.5 Å². The summed E-state index contributed by atoms with van der Waals surface area (Å²) in [4.78, 5) is 0. The van der Waals surface area contributed by atoms with E-state index in [1.807, 2.05) is 0 Å². The molecule has 2 aliphatic rings. The van der Waals surface area contributed by atoms with Gasteiger partial charge in [0.25, 0.3) is 0 Å². The molecule has 63 valence electrons. The molecule has 1 heteroatoms.